The molecule has 1 atom stereocenters. The van der Waals surface area contributed by atoms with Crippen LogP contribution in [0.2, 0.25) is 6.82 Å². The Kier molecular flexibility index (Phi) is 5.01. The van der Waals surface area contributed by atoms with E-state index in [9.17, 15) is 9.59 Å². The maximum absolute atomic E-state index is 12.0. The maximum Gasteiger partial charge on any atom is 0.235 e. The molecule has 1 aromatic carbocycles. The molecule has 0 bridgehead atoms. The summed E-state index contributed by atoms with van der Waals surface area (Å²) in [6.07, 6.45) is 0.894. The van der Waals surface area contributed by atoms with E-state index in [2.05, 4.69) is 10.4 Å². The van der Waals surface area contributed by atoms with E-state index in [4.69, 9.17) is 0 Å². The summed E-state index contributed by atoms with van der Waals surface area (Å²) in [5.41, 5.74) is 2.88. The number of carbonyl (C=O) groups excluding carboxylic acids is 2. The van der Waals surface area contributed by atoms with Crippen molar-refractivity contribution in [2.24, 2.45) is 7.05 Å². The molecule has 1 aliphatic heterocycles. The Bertz CT molecular complexity index is 709. The minimum absolute atomic E-state index is 0.200. The molecule has 2 heterocycles. The predicted molar refractivity (Wildman–Crippen MR) is 88.4 cm³/mol. The molecule has 1 N–H and O–H groups in total. The Morgan fingerprint density at radius 3 is 2.68 bits per heavy atom. The summed E-state index contributed by atoms with van der Waals surface area (Å²) in [4.78, 5) is 23.3. The van der Waals surface area contributed by atoms with E-state index in [0.717, 1.165) is 22.1 Å². The average Bonchev–Trinajstić information content (AvgIpc) is 2.86. The van der Waals surface area contributed by atoms with Gasteiger partial charge in [0.1, 0.15) is 0 Å². The van der Waals surface area contributed by atoms with E-state index >= 15 is 0 Å². The van der Waals surface area contributed by atoms with Gasteiger partial charge in [0.25, 0.3) is 0 Å². The van der Waals surface area contributed by atoms with E-state index in [0.29, 0.717) is 12.8 Å². The van der Waals surface area contributed by atoms with Crippen LogP contribution in [-0.4, -0.2) is 28.9 Å². The van der Waals surface area contributed by atoms with Crippen LogP contribution in [0.25, 0.3) is 10.9 Å². The van der Waals surface area contributed by atoms with Crippen LogP contribution in [-0.2, 0) is 16.6 Å². The van der Waals surface area contributed by atoms with E-state index in [1.807, 2.05) is 57.9 Å². The Labute approximate surface area is 131 Å². The Morgan fingerprint density at radius 2 is 2.05 bits per heavy atom. The van der Waals surface area contributed by atoms with Gasteiger partial charge < -0.3 is 0 Å². The quantitative estimate of drug-likeness (QED) is 0.675. The summed E-state index contributed by atoms with van der Waals surface area (Å²) >= 11 is 0. The number of rotatable bonds is 2. The number of benzene rings is 1. The molecular formula is C16H21BN3O2. The number of fused-ring (bicyclic) bond motifs is 1. The fourth-order valence-electron chi connectivity index (χ4n) is 2.84. The summed E-state index contributed by atoms with van der Waals surface area (Å²) in [6, 6.07) is 5.97. The third kappa shape index (κ3) is 2.78. The summed E-state index contributed by atoms with van der Waals surface area (Å²) < 4.78 is 1.81. The fraction of sp³-hybridized carbons (Fsp3) is 0.438. The number of aryl methyl sites for hydroxylation is 1. The first kappa shape index (κ1) is 16.3. The second-order valence-electron chi connectivity index (χ2n) is 5.04. The molecule has 1 aromatic heterocycles. The van der Waals surface area contributed by atoms with Crippen LogP contribution in [0.1, 0.15) is 38.3 Å². The maximum atomic E-state index is 12.0. The zero-order valence-electron chi connectivity index (χ0n) is 13.5. The zero-order valence-corrected chi connectivity index (χ0v) is 13.5. The van der Waals surface area contributed by atoms with E-state index < -0.39 is 0 Å². The highest BCUT2D eigenvalue weighted by molar-refractivity contribution is 6.55. The number of aromatic nitrogens is 2. The van der Waals surface area contributed by atoms with Gasteiger partial charge in [-0.3, -0.25) is 19.6 Å². The molecule has 2 amide bonds. The summed E-state index contributed by atoms with van der Waals surface area (Å²) in [6.45, 7) is 5.98. The largest absolute Gasteiger partial charge is 0.296 e. The van der Waals surface area contributed by atoms with E-state index in [-0.39, 0.29) is 17.7 Å². The lowest BCUT2D eigenvalue weighted by atomic mass is 9.72. The number of amides is 2. The van der Waals surface area contributed by atoms with Crippen molar-refractivity contribution < 1.29 is 9.59 Å². The topological polar surface area (TPSA) is 64.0 Å². The molecule has 0 aliphatic carbocycles. The summed E-state index contributed by atoms with van der Waals surface area (Å²) in [7, 11) is 3.91. The van der Waals surface area contributed by atoms with Gasteiger partial charge in [-0.15, -0.1) is 0 Å². The highest BCUT2D eigenvalue weighted by Gasteiger charge is 2.31. The molecule has 5 nitrogen and oxygen atoms in total. The SMILES string of the molecule is CC.C[B]c1cccc2c(C3CCC(=O)NC3=O)nn(C)c12. The molecule has 6 heteroatoms. The molecule has 1 aliphatic rings. The van der Waals surface area contributed by atoms with Gasteiger partial charge in [0.05, 0.1) is 17.1 Å². The van der Waals surface area contributed by atoms with Gasteiger partial charge in [0.15, 0.2) is 7.28 Å². The molecular weight excluding hydrogens is 277 g/mol. The van der Waals surface area contributed by atoms with Gasteiger partial charge in [0.2, 0.25) is 11.8 Å². The molecule has 115 valence electrons. The molecule has 3 rings (SSSR count). The molecule has 22 heavy (non-hydrogen) atoms. The van der Waals surface area contributed by atoms with Gasteiger partial charge in [-0.25, -0.2) is 0 Å². The molecule has 1 fully saturated rings. The third-order valence-electron chi connectivity index (χ3n) is 3.80. The number of nitrogens with one attached hydrogen (secondary N) is 1. The Morgan fingerprint density at radius 1 is 1.32 bits per heavy atom. The second kappa shape index (κ2) is 6.77. The number of para-hydroxylation sites is 1. The van der Waals surface area contributed by atoms with Crippen molar-refractivity contribution >= 4 is 35.5 Å². The van der Waals surface area contributed by atoms with E-state index in [1.54, 1.807) is 0 Å². The molecule has 2 aromatic rings. The van der Waals surface area contributed by atoms with Crippen LogP contribution in [0.15, 0.2) is 18.2 Å². The summed E-state index contributed by atoms with van der Waals surface area (Å²) in [5, 5.41) is 7.90. The minimum Gasteiger partial charge on any atom is -0.296 e. The highest BCUT2D eigenvalue weighted by Crippen LogP contribution is 2.29. The number of imide groups is 1. The van der Waals surface area contributed by atoms with Crippen LogP contribution in [0.5, 0.6) is 0 Å². The van der Waals surface area contributed by atoms with Crippen LogP contribution in [0, 0.1) is 0 Å². The molecule has 0 saturated carbocycles. The first-order chi connectivity index (χ1) is 10.6. The molecule has 1 saturated heterocycles. The predicted octanol–water partition coefficient (Wildman–Crippen LogP) is 1.50. The zero-order chi connectivity index (χ0) is 16.3. The summed E-state index contributed by atoms with van der Waals surface area (Å²) in [5.74, 6) is -0.787. The first-order valence-corrected chi connectivity index (χ1v) is 7.70. The van der Waals surface area contributed by atoms with Crippen molar-refractivity contribution in [1.82, 2.24) is 15.1 Å². The number of nitrogens with zero attached hydrogens (tertiary/aromatic N) is 2. The monoisotopic (exact) mass is 298 g/mol. The Hall–Kier alpha value is -2.11. The third-order valence-corrected chi connectivity index (χ3v) is 3.80. The van der Waals surface area contributed by atoms with Crippen molar-refractivity contribution in [3.8, 4) is 0 Å². The number of carbonyl (C=O) groups is 2. The Balaban J connectivity index is 0.000000847. The molecule has 1 radical (unpaired) electrons. The number of piperidine rings is 1. The standard InChI is InChI=1S/C14H15BN3O2.C2H6/c1-15-10-5-3-4-8-12(17-18(2)13(8)10)9-6-7-11(19)16-14(9)20;1-2/h3-5,9H,6-7H2,1-2H3,(H,16,19,20);1-2H3. The normalized spacial score (nSPS) is 17.7. The van der Waals surface area contributed by atoms with Crippen molar-refractivity contribution in [3.05, 3.63) is 23.9 Å². The lowest BCUT2D eigenvalue weighted by molar-refractivity contribution is -0.134. The van der Waals surface area contributed by atoms with Crippen LogP contribution in [0.4, 0.5) is 0 Å². The van der Waals surface area contributed by atoms with E-state index in [1.165, 1.54) is 0 Å². The van der Waals surface area contributed by atoms with Crippen LogP contribution < -0.4 is 10.8 Å². The van der Waals surface area contributed by atoms with Crippen molar-refractivity contribution in [2.75, 3.05) is 0 Å². The smallest absolute Gasteiger partial charge is 0.235 e. The average molecular weight is 298 g/mol. The lowest BCUT2D eigenvalue weighted by Crippen LogP contribution is -2.39. The first-order valence-electron chi connectivity index (χ1n) is 7.70. The van der Waals surface area contributed by atoms with Crippen LogP contribution in [0.3, 0.4) is 0 Å². The lowest BCUT2D eigenvalue weighted by Gasteiger charge is -2.19. The van der Waals surface area contributed by atoms with Gasteiger partial charge >= 0.3 is 0 Å². The second-order valence-corrected chi connectivity index (χ2v) is 5.04. The van der Waals surface area contributed by atoms with Crippen LogP contribution >= 0.6 is 0 Å². The van der Waals surface area contributed by atoms with Gasteiger partial charge in [-0.2, -0.15) is 5.10 Å². The van der Waals surface area contributed by atoms with Crippen molar-refractivity contribution in [2.45, 2.75) is 39.4 Å². The van der Waals surface area contributed by atoms with Gasteiger partial charge in [0, 0.05) is 18.9 Å². The van der Waals surface area contributed by atoms with Crippen molar-refractivity contribution in [3.63, 3.8) is 0 Å². The van der Waals surface area contributed by atoms with Gasteiger partial charge in [-0.1, -0.05) is 44.3 Å². The molecule has 1 unspecified atom stereocenters. The fourth-order valence-corrected chi connectivity index (χ4v) is 2.84. The van der Waals surface area contributed by atoms with Gasteiger partial charge in [-0.05, 0) is 6.42 Å². The number of hydrogen-bond donors (Lipinski definition) is 1. The number of hydrogen-bond acceptors (Lipinski definition) is 3. The molecule has 0 spiro atoms. The van der Waals surface area contributed by atoms with Crippen molar-refractivity contribution in [1.29, 1.82) is 0 Å². The minimum atomic E-state index is -0.344. The highest BCUT2D eigenvalue weighted by atomic mass is 16.2.